The van der Waals surface area contributed by atoms with Crippen LogP contribution >= 0.6 is 12.4 Å². The van der Waals surface area contributed by atoms with Gasteiger partial charge in [-0.2, -0.15) is 0 Å². The van der Waals surface area contributed by atoms with E-state index in [-0.39, 0.29) is 30.7 Å². The number of imide groups is 1. The topological polar surface area (TPSA) is 98.7 Å². The summed E-state index contributed by atoms with van der Waals surface area (Å²) in [5.41, 5.74) is 0.608. The molecule has 1 atom stereocenters. The Hall–Kier alpha value is -2.12. The van der Waals surface area contributed by atoms with Crippen LogP contribution in [0.1, 0.15) is 12.8 Å². The molecule has 0 aliphatic carbocycles. The van der Waals surface area contributed by atoms with Crippen LogP contribution in [-0.4, -0.2) is 47.5 Å². The van der Waals surface area contributed by atoms with Crippen molar-refractivity contribution >= 4 is 36.0 Å². The standard InChI is InChI=1S/C15H19N3O4.ClH/c19-13(7-9-18-8-6-11(10-18)14(20)21)17-15(22)16-12-4-2-1-3-5-12;/h1-5,11H,6-10H2,(H,20,21)(H2,16,17,19,22);1H. The number of nitrogens with one attached hydrogen (secondary N) is 2. The summed E-state index contributed by atoms with van der Waals surface area (Å²) in [5.74, 6) is -1.54. The van der Waals surface area contributed by atoms with Gasteiger partial charge in [-0.05, 0) is 25.1 Å². The number of amides is 3. The van der Waals surface area contributed by atoms with Gasteiger partial charge in [-0.1, -0.05) is 18.2 Å². The molecule has 1 aromatic carbocycles. The van der Waals surface area contributed by atoms with E-state index in [1.807, 2.05) is 11.0 Å². The molecule has 1 aliphatic heterocycles. The summed E-state index contributed by atoms with van der Waals surface area (Å²) in [7, 11) is 0. The van der Waals surface area contributed by atoms with Gasteiger partial charge in [0.15, 0.2) is 0 Å². The van der Waals surface area contributed by atoms with Crippen LogP contribution in [-0.2, 0) is 9.59 Å². The van der Waals surface area contributed by atoms with Crippen molar-refractivity contribution in [3.05, 3.63) is 30.3 Å². The van der Waals surface area contributed by atoms with E-state index in [2.05, 4.69) is 10.6 Å². The maximum Gasteiger partial charge on any atom is 0.325 e. The van der Waals surface area contributed by atoms with Gasteiger partial charge in [0.1, 0.15) is 0 Å². The Kier molecular flexibility index (Phi) is 7.50. The van der Waals surface area contributed by atoms with Crippen molar-refractivity contribution in [2.75, 3.05) is 25.0 Å². The van der Waals surface area contributed by atoms with Crippen LogP contribution in [0.15, 0.2) is 30.3 Å². The first-order valence-electron chi connectivity index (χ1n) is 7.15. The van der Waals surface area contributed by atoms with Gasteiger partial charge >= 0.3 is 12.0 Å². The lowest BCUT2D eigenvalue weighted by atomic mass is 10.1. The van der Waals surface area contributed by atoms with Gasteiger partial charge in [-0.25, -0.2) is 4.79 Å². The SMILES string of the molecule is Cl.O=C(CCN1CCC(C(=O)O)C1)NC(=O)Nc1ccccc1. The second kappa shape index (κ2) is 9.12. The molecule has 1 saturated heterocycles. The Morgan fingerprint density at radius 1 is 1.22 bits per heavy atom. The first kappa shape index (κ1) is 18.9. The van der Waals surface area contributed by atoms with Gasteiger partial charge in [0.05, 0.1) is 5.92 Å². The number of benzene rings is 1. The number of hydrogen-bond donors (Lipinski definition) is 3. The third kappa shape index (κ3) is 6.25. The van der Waals surface area contributed by atoms with Gasteiger partial charge in [-0.3, -0.25) is 14.9 Å². The summed E-state index contributed by atoms with van der Waals surface area (Å²) in [5, 5.41) is 13.7. The normalized spacial score (nSPS) is 17.1. The maximum atomic E-state index is 11.7. The zero-order valence-electron chi connectivity index (χ0n) is 12.5. The number of hydrogen-bond acceptors (Lipinski definition) is 4. The van der Waals surface area contributed by atoms with Gasteiger partial charge in [-0.15, -0.1) is 12.4 Å². The number of carboxylic acid groups (broad SMARTS) is 1. The van der Waals surface area contributed by atoms with E-state index in [0.29, 0.717) is 31.7 Å². The number of likely N-dealkylation sites (tertiary alicyclic amines) is 1. The van der Waals surface area contributed by atoms with E-state index in [1.165, 1.54) is 0 Å². The Balaban J connectivity index is 0.00000264. The van der Waals surface area contributed by atoms with Crippen LogP contribution in [0, 0.1) is 5.92 Å². The summed E-state index contributed by atoms with van der Waals surface area (Å²) in [6.45, 7) is 1.58. The molecule has 126 valence electrons. The average molecular weight is 342 g/mol. The van der Waals surface area contributed by atoms with Crippen molar-refractivity contribution in [3.63, 3.8) is 0 Å². The number of nitrogens with zero attached hydrogens (tertiary/aromatic N) is 1. The third-order valence-corrected chi connectivity index (χ3v) is 3.56. The van der Waals surface area contributed by atoms with Gasteiger partial charge < -0.3 is 15.3 Å². The number of halogens is 1. The van der Waals surface area contributed by atoms with Crippen LogP contribution in [0.4, 0.5) is 10.5 Å². The minimum Gasteiger partial charge on any atom is -0.481 e. The molecular formula is C15H20ClN3O4. The average Bonchev–Trinajstić information content (AvgIpc) is 2.95. The summed E-state index contributed by atoms with van der Waals surface area (Å²) in [6, 6.07) is 8.27. The molecule has 1 fully saturated rings. The molecule has 0 saturated carbocycles. The molecule has 1 unspecified atom stereocenters. The lowest BCUT2D eigenvalue weighted by molar-refractivity contribution is -0.141. The fraction of sp³-hybridized carbons (Fsp3) is 0.400. The highest BCUT2D eigenvalue weighted by Crippen LogP contribution is 2.16. The Morgan fingerprint density at radius 3 is 2.52 bits per heavy atom. The third-order valence-electron chi connectivity index (χ3n) is 3.56. The van der Waals surface area contributed by atoms with Gasteiger partial charge in [0, 0.05) is 25.2 Å². The molecule has 3 N–H and O–H groups in total. The lowest BCUT2D eigenvalue weighted by Crippen LogP contribution is -2.36. The van der Waals surface area contributed by atoms with Crippen LogP contribution in [0.25, 0.3) is 0 Å². The smallest absolute Gasteiger partial charge is 0.325 e. The molecule has 0 aromatic heterocycles. The van der Waals surface area contributed by atoms with Crippen LogP contribution in [0.5, 0.6) is 0 Å². The largest absolute Gasteiger partial charge is 0.481 e. The summed E-state index contributed by atoms with van der Waals surface area (Å²) in [4.78, 5) is 36.1. The number of aliphatic carboxylic acids is 1. The number of urea groups is 1. The van der Waals surface area contributed by atoms with E-state index >= 15 is 0 Å². The zero-order valence-corrected chi connectivity index (χ0v) is 13.3. The predicted molar refractivity (Wildman–Crippen MR) is 87.7 cm³/mol. The molecule has 2 rings (SSSR count). The molecule has 0 bridgehead atoms. The van der Waals surface area contributed by atoms with Crippen molar-refractivity contribution in [1.82, 2.24) is 10.2 Å². The highest BCUT2D eigenvalue weighted by Gasteiger charge is 2.27. The predicted octanol–water partition coefficient (Wildman–Crippen LogP) is 1.55. The molecule has 23 heavy (non-hydrogen) atoms. The number of carboxylic acids is 1. The highest BCUT2D eigenvalue weighted by molar-refractivity contribution is 6.01. The summed E-state index contributed by atoms with van der Waals surface area (Å²) >= 11 is 0. The summed E-state index contributed by atoms with van der Waals surface area (Å²) in [6.07, 6.45) is 0.764. The molecule has 0 radical (unpaired) electrons. The Morgan fingerprint density at radius 2 is 1.91 bits per heavy atom. The number of carbonyl (C=O) groups is 3. The summed E-state index contributed by atoms with van der Waals surface area (Å²) < 4.78 is 0. The van der Waals surface area contributed by atoms with Crippen molar-refractivity contribution in [2.24, 2.45) is 5.92 Å². The molecule has 8 heteroatoms. The van der Waals surface area contributed by atoms with E-state index < -0.39 is 12.0 Å². The molecular weight excluding hydrogens is 322 g/mol. The number of rotatable bonds is 5. The van der Waals surface area contributed by atoms with Crippen molar-refractivity contribution in [3.8, 4) is 0 Å². The van der Waals surface area contributed by atoms with Crippen molar-refractivity contribution in [1.29, 1.82) is 0 Å². The number of anilines is 1. The second-order valence-corrected chi connectivity index (χ2v) is 5.24. The minimum absolute atomic E-state index is 0. The number of carbonyl (C=O) groups excluding carboxylic acids is 2. The van der Waals surface area contributed by atoms with Gasteiger partial charge in [0.25, 0.3) is 0 Å². The quantitative estimate of drug-likeness (QED) is 0.754. The Bertz CT molecular complexity index is 553. The van der Waals surface area contributed by atoms with Crippen molar-refractivity contribution < 1.29 is 19.5 Å². The highest BCUT2D eigenvalue weighted by atomic mass is 35.5. The zero-order chi connectivity index (χ0) is 15.9. The molecule has 7 nitrogen and oxygen atoms in total. The fourth-order valence-electron chi connectivity index (χ4n) is 2.37. The lowest BCUT2D eigenvalue weighted by Gasteiger charge is -2.14. The Labute approximate surface area is 140 Å². The molecule has 3 amide bonds. The second-order valence-electron chi connectivity index (χ2n) is 5.24. The first-order chi connectivity index (χ1) is 10.5. The molecule has 0 spiro atoms. The van der Waals surface area contributed by atoms with E-state index in [9.17, 15) is 14.4 Å². The van der Waals surface area contributed by atoms with E-state index in [4.69, 9.17) is 5.11 Å². The van der Waals surface area contributed by atoms with Crippen LogP contribution < -0.4 is 10.6 Å². The minimum atomic E-state index is -0.797. The molecule has 1 aliphatic rings. The first-order valence-corrected chi connectivity index (χ1v) is 7.15. The molecule has 1 aromatic rings. The van der Waals surface area contributed by atoms with E-state index in [0.717, 1.165) is 0 Å². The molecule has 1 heterocycles. The fourth-order valence-corrected chi connectivity index (χ4v) is 2.37. The van der Waals surface area contributed by atoms with Crippen molar-refractivity contribution in [2.45, 2.75) is 12.8 Å². The van der Waals surface area contributed by atoms with Crippen LogP contribution in [0.3, 0.4) is 0 Å². The monoisotopic (exact) mass is 341 g/mol. The van der Waals surface area contributed by atoms with Crippen LogP contribution in [0.2, 0.25) is 0 Å². The van der Waals surface area contributed by atoms with E-state index in [1.54, 1.807) is 24.3 Å². The van der Waals surface area contributed by atoms with Gasteiger partial charge in [0.2, 0.25) is 5.91 Å². The maximum absolute atomic E-state index is 11.7. The number of para-hydroxylation sites is 1.